The molecule has 32 heavy (non-hydrogen) atoms. The Labute approximate surface area is 187 Å². The van der Waals surface area contributed by atoms with Gasteiger partial charge in [-0.25, -0.2) is 0 Å². The predicted octanol–water partition coefficient (Wildman–Crippen LogP) is 3.84. The van der Waals surface area contributed by atoms with Crippen LogP contribution in [0, 0.1) is 20.8 Å². The number of benzene rings is 2. The van der Waals surface area contributed by atoms with E-state index in [1.807, 2.05) is 30.5 Å². The summed E-state index contributed by atoms with van der Waals surface area (Å²) in [4.78, 5) is 0. The second-order valence-corrected chi connectivity index (χ2v) is 7.67. The number of nitrogen functional groups attached to an aromatic ring is 1. The molecule has 4 aromatic rings. The number of nitrogens with zero attached hydrogens (tertiary/aromatic N) is 3. The summed E-state index contributed by atoms with van der Waals surface area (Å²) in [6.45, 7) is 6.72. The molecule has 2 heterocycles. The van der Waals surface area contributed by atoms with Crippen LogP contribution in [0.3, 0.4) is 0 Å². The van der Waals surface area contributed by atoms with Crippen LogP contribution in [-0.2, 0) is 6.54 Å². The van der Waals surface area contributed by atoms with Crippen LogP contribution in [0.25, 0.3) is 16.5 Å². The molecule has 0 radical (unpaired) electrons. The van der Waals surface area contributed by atoms with Gasteiger partial charge in [0, 0.05) is 23.7 Å². The van der Waals surface area contributed by atoms with Gasteiger partial charge in [-0.2, -0.15) is 5.10 Å². The van der Waals surface area contributed by atoms with E-state index in [9.17, 15) is 0 Å². The Morgan fingerprint density at radius 1 is 1.00 bits per heavy atom. The maximum atomic E-state index is 6.70. The van der Waals surface area contributed by atoms with Crippen LogP contribution in [0.15, 0.2) is 42.5 Å². The zero-order chi connectivity index (χ0) is 22.8. The van der Waals surface area contributed by atoms with E-state index in [4.69, 9.17) is 20.9 Å². The number of nitrogens with one attached hydrogen (secondary N) is 1. The van der Waals surface area contributed by atoms with Gasteiger partial charge >= 0.3 is 0 Å². The molecule has 0 atom stereocenters. The summed E-state index contributed by atoms with van der Waals surface area (Å²) in [5.41, 5.74) is 17.1. The van der Waals surface area contributed by atoms with Crippen LogP contribution >= 0.6 is 0 Å². The monoisotopic (exact) mass is 432 g/mol. The fourth-order valence-corrected chi connectivity index (χ4v) is 3.98. The fraction of sp³-hybridized carbons (Fsp3) is 0.250. The van der Waals surface area contributed by atoms with Crippen molar-refractivity contribution in [3.8, 4) is 17.2 Å². The van der Waals surface area contributed by atoms with Crippen molar-refractivity contribution in [1.82, 2.24) is 14.8 Å². The van der Waals surface area contributed by atoms with Crippen molar-refractivity contribution in [3.63, 3.8) is 0 Å². The van der Waals surface area contributed by atoms with Crippen LogP contribution in [0.1, 0.15) is 22.5 Å². The number of ether oxygens (including phenoxy) is 2. The first-order valence-corrected chi connectivity index (χ1v) is 10.4. The summed E-state index contributed by atoms with van der Waals surface area (Å²) < 4.78 is 13.0. The minimum absolute atomic E-state index is 0.0869. The molecule has 0 fully saturated rings. The maximum Gasteiger partial charge on any atom is 0.160 e. The number of rotatable bonds is 7. The third kappa shape index (κ3) is 3.80. The molecule has 0 saturated heterocycles. The van der Waals surface area contributed by atoms with Crippen molar-refractivity contribution in [1.29, 1.82) is 0 Å². The van der Waals surface area contributed by atoms with Gasteiger partial charge in [0.2, 0.25) is 0 Å². The van der Waals surface area contributed by atoms with E-state index in [1.165, 1.54) is 5.56 Å². The molecule has 0 aliphatic rings. The van der Waals surface area contributed by atoms with Gasteiger partial charge in [-0.3, -0.25) is 10.3 Å². The number of anilines is 2. The molecule has 0 unspecified atom stereocenters. The van der Waals surface area contributed by atoms with Crippen molar-refractivity contribution < 1.29 is 9.47 Å². The third-order valence-electron chi connectivity index (χ3n) is 5.57. The Hall–Kier alpha value is -3.78. The lowest BCUT2D eigenvalue weighted by Crippen LogP contribution is -2.08. The number of methoxy groups -OCH3 is 1. The number of aromatic nitrogens is 3. The van der Waals surface area contributed by atoms with Crippen LogP contribution in [0.4, 0.5) is 11.6 Å². The second kappa shape index (κ2) is 8.76. The molecule has 2 aromatic carbocycles. The Bertz CT molecular complexity index is 1260. The zero-order valence-electron chi connectivity index (χ0n) is 18.8. The molecule has 0 amide bonds. The molecule has 8 nitrogen and oxygen atoms in total. The highest BCUT2D eigenvalue weighted by Gasteiger charge is 2.22. The number of aryl methyl sites for hydroxylation is 3. The summed E-state index contributed by atoms with van der Waals surface area (Å²) in [6, 6.07) is 13.9. The first-order chi connectivity index (χ1) is 15.4. The molecule has 0 spiro atoms. The van der Waals surface area contributed by atoms with E-state index >= 15 is 0 Å². The first kappa shape index (κ1) is 21.5. The summed E-state index contributed by atoms with van der Waals surface area (Å²) in [5, 5.41) is 14.0. The van der Waals surface area contributed by atoms with Crippen molar-refractivity contribution in [2.75, 3.05) is 24.9 Å². The SMILES string of the molecule is COc1cc(OCN)ccc1-n1c(C)c2c(C)nnc(NCc3ccc(C)cc3)c2c1N. The highest BCUT2D eigenvalue weighted by Crippen LogP contribution is 2.39. The minimum atomic E-state index is 0.0869. The maximum absolute atomic E-state index is 6.70. The average Bonchev–Trinajstić information content (AvgIpc) is 3.06. The van der Waals surface area contributed by atoms with Gasteiger partial charge in [0.15, 0.2) is 5.82 Å². The largest absolute Gasteiger partial charge is 0.494 e. The topological polar surface area (TPSA) is 113 Å². The summed E-state index contributed by atoms with van der Waals surface area (Å²) in [5.74, 6) is 2.46. The van der Waals surface area contributed by atoms with Crippen molar-refractivity contribution >= 4 is 22.4 Å². The molecular weight excluding hydrogens is 404 g/mol. The highest BCUT2D eigenvalue weighted by atomic mass is 16.5. The summed E-state index contributed by atoms with van der Waals surface area (Å²) in [7, 11) is 1.61. The molecule has 0 saturated carbocycles. The lowest BCUT2D eigenvalue weighted by molar-refractivity contribution is 0.326. The highest BCUT2D eigenvalue weighted by molar-refractivity contribution is 6.04. The van der Waals surface area contributed by atoms with Gasteiger partial charge in [0.05, 0.1) is 23.9 Å². The number of hydrogen-bond donors (Lipinski definition) is 3. The summed E-state index contributed by atoms with van der Waals surface area (Å²) in [6.07, 6.45) is 0. The minimum Gasteiger partial charge on any atom is -0.494 e. The lowest BCUT2D eigenvalue weighted by atomic mass is 10.1. The van der Waals surface area contributed by atoms with Gasteiger partial charge in [0.25, 0.3) is 0 Å². The standard InChI is InChI=1S/C24H28N6O2/c1-14-5-7-17(8-6-14)12-27-24-22-21(15(2)28-29-24)16(3)30(23(22)26)19-10-9-18(32-13-25)11-20(19)31-4/h5-11H,12-13,25-26H2,1-4H3,(H,27,29). The first-order valence-electron chi connectivity index (χ1n) is 10.4. The van der Waals surface area contributed by atoms with Gasteiger partial charge < -0.3 is 20.5 Å². The van der Waals surface area contributed by atoms with Crippen LogP contribution in [0.2, 0.25) is 0 Å². The Kier molecular flexibility index (Phi) is 5.87. The van der Waals surface area contributed by atoms with Crippen LogP contribution in [-0.4, -0.2) is 28.6 Å². The predicted molar refractivity (Wildman–Crippen MR) is 127 cm³/mol. The van der Waals surface area contributed by atoms with Crippen molar-refractivity contribution in [2.45, 2.75) is 27.3 Å². The molecule has 0 aliphatic carbocycles. The van der Waals surface area contributed by atoms with E-state index in [0.717, 1.165) is 33.4 Å². The van der Waals surface area contributed by atoms with Crippen molar-refractivity contribution in [3.05, 3.63) is 65.0 Å². The molecule has 5 N–H and O–H groups in total. The zero-order valence-corrected chi connectivity index (χ0v) is 18.8. The van der Waals surface area contributed by atoms with Crippen LogP contribution < -0.4 is 26.3 Å². The molecular formula is C24H28N6O2. The van der Waals surface area contributed by atoms with Crippen LogP contribution in [0.5, 0.6) is 11.5 Å². The molecule has 4 rings (SSSR count). The lowest BCUT2D eigenvalue weighted by Gasteiger charge is -2.15. The molecule has 166 valence electrons. The third-order valence-corrected chi connectivity index (χ3v) is 5.57. The van der Waals surface area contributed by atoms with Gasteiger partial charge in [-0.15, -0.1) is 5.10 Å². The van der Waals surface area contributed by atoms with Gasteiger partial charge in [-0.05, 0) is 38.5 Å². The Morgan fingerprint density at radius 3 is 2.44 bits per heavy atom. The van der Waals surface area contributed by atoms with Gasteiger partial charge in [-0.1, -0.05) is 29.8 Å². The molecule has 8 heteroatoms. The summed E-state index contributed by atoms with van der Waals surface area (Å²) >= 11 is 0. The normalized spacial score (nSPS) is 11.0. The van der Waals surface area contributed by atoms with E-state index in [2.05, 4.69) is 46.7 Å². The van der Waals surface area contributed by atoms with E-state index in [0.29, 0.717) is 29.7 Å². The second-order valence-electron chi connectivity index (χ2n) is 7.67. The van der Waals surface area contributed by atoms with Gasteiger partial charge in [0.1, 0.15) is 24.0 Å². The molecule has 0 aliphatic heterocycles. The van der Waals surface area contributed by atoms with E-state index in [1.54, 1.807) is 13.2 Å². The molecule has 2 aromatic heterocycles. The number of hydrogen-bond acceptors (Lipinski definition) is 7. The quantitative estimate of drug-likeness (QED) is 0.380. The average molecular weight is 433 g/mol. The molecule has 0 bridgehead atoms. The number of nitrogens with two attached hydrogens (primary N) is 2. The van der Waals surface area contributed by atoms with Crippen molar-refractivity contribution in [2.24, 2.45) is 5.73 Å². The number of fused-ring (bicyclic) bond motifs is 1. The smallest absolute Gasteiger partial charge is 0.160 e. The Morgan fingerprint density at radius 2 is 1.75 bits per heavy atom. The fourth-order valence-electron chi connectivity index (χ4n) is 3.98. The van der Waals surface area contributed by atoms with E-state index in [-0.39, 0.29) is 6.73 Å². The Balaban J connectivity index is 1.81. The van der Waals surface area contributed by atoms with E-state index < -0.39 is 0 Å².